The van der Waals surface area contributed by atoms with Crippen molar-refractivity contribution in [2.75, 3.05) is 18.5 Å². The highest BCUT2D eigenvalue weighted by Crippen LogP contribution is 2.31. The Morgan fingerprint density at radius 2 is 1.79 bits per heavy atom. The number of carbonyl (C=O) groups excluding carboxylic acids is 3. The highest BCUT2D eigenvalue weighted by molar-refractivity contribution is 5.99. The van der Waals surface area contributed by atoms with Crippen LogP contribution in [0.2, 0.25) is 0 Å². The molecule has 146 valence electrons. The van der Waals surface area contributed by atoms with Crippen LogP contribution in [0.3, 0.4) is 0 Å². The first-order valence-electron chi connectivity index (χ1n) is 9.05. The average molecular weight is 383 g/mol. The van der Waals surface area contributed by atoms with Crippen LogP contribution in [0.4, 0.5) is 5.69 Å². The van der Waals surface area contributed by atoms with Crippen molar-refractivity contribution >= 4 is 23.3 Å². The first-order valence-corrected chi connectivity index (χ1v) is 9.05. The third-order valence-corrected chi connectivity index (χ3v) is 4.08. The van der Waals surface area contributed by atoms with Gasteiger partial charge < -0.3 is 19.5 Å². The highest BCUT2D eigenvalue weighted by atomic mass is 16.6. The second-order valence-electron chi connectivity index (χ2n) is 6.27. The van der Waals surface area contributed by atoms with Crippen molar-refractivity contribution in [1.82, 2.24) is 0 Å². The summed E-state index contributed by atoms with van der Waals surface area (Å²) in [5.74, 6) is -0.0634. The van der Waals surface area contributed by atoms with E-state index < -0.39 is 18.7 Å². The Bertz CT molecular complexity index is 861. The van der Waals surface area contributed by atoms with Gasteiger partial charge in [-0.1, -0.05) is 19.1 Å². The van der Waals surface area contributed by atoms with E-state index in [-0.39, 0.29) is 18.3 Å². The van der Waals surface area contributed by atoms with Crippen LogP contribution < -0.4 is 14.8 Å². The molecule has 0 saturated carbocycles. The molecule has 1 aliphatic rings. The molecule has 0 aliphatic carbocycles. The molecule has 1 heterocycles. The Morgan fingerprint density at radius 3 is 2.50 bits per heavy atom. The van der Waals surface area contributed by atoms with Gasteiger partial charge in [-0.3, -0.25) is 9.59 Å². The third kappa shape index (κ3) is 4.88. The smallest absolute Gasteiger partial charge is 0.351 e. The molecule has 1 amide bonds. The van der Waals surface area contributed by atoms with E-state index in [2.05, 4.69) is 5.32 Å². The summed E-state index contributed by atoms with van der Waals surface area (Å²) in [5.41, 5.74) is 0.992. The van der Waals surface area contributed by atoms with Crippen LogP contribution in [0.25, 0.3) is 0 Å². The molecule has 2 aromatic rings. The van der Waals surface area contributed by atoms with Gasteiger partial charge in [0.15, 0.2) is 23.9 Å². The first kappa shape index (κ1) is 19.4. The van der Waals surface area contributed by atoms with E-state index in [1.54, 1.807) is 48.5 Å². The molecular formula is C21H21NO6. The van der Waals surface area contributed by atoms with E-state index >= 15 is 0 Å². The monoisotopic (exact) mass is 383 g/mol. The lowest BCUT2D eigenvalue weighted by molar-refractivity contribution is -0.153. The number of nitrogens with one attached hydrogen (secondary N) is 1. The average Bonchev–Trinajstić information content (AvgIpc) is 2.72. The largest absolute Gasteiger partial charge is 0.485 e. The molecule has 0 fully saturated rings. The fraction of sp³-hybridized carbons (Fsp3) is 0.286. The van der Waals surface area contributed by atoms with Gasteiger partial charge in [0.25, 0.3) is 0 Å². The molecule has 0 unspecified atom stereocenters. The zero-order valence-electron chi connectivity index (χ0n) is 15.5. The fourth-order valence-electron chi connectivity index (χ4n) is 2.64. The summed E-state index contributed by atoms with van der Waals surface area (Å²) in [4.78, 5) is 36.0. The number of benzene rings is 2. The molecule has 1 N–H and O–H groups in total. The molecule has 1 aliphatic heterocycles. The number of ketones is 1. The first-order chi connectivity index (χ1) is 13.6. The standard InChI is InChI=1S/C21H21NO6/c1-2-5-20(24)22-15-10-8-14(9-11-15)16(23)12-27-21(25)19-13-26-17-6-3-4-7-18(17)28-19/h3-4,6-11,19H,2,5,12-13H2,1H3,(H,22,24)/t19-/m0/s1. The number of esters is 1. The molecule has 28 heavy (non-hydrogen) atoms. The number of ether oxygens (including phenoxy) is 3. The van der Waals surface area contributed by atoms with Crippen molar-refractivity contribution in [2.45, 2.75) is 25.9 Å². The molecule has 0 spiro atoms. The van der Waals surface area contributed by atoms with Crippen molar-refractivity contribution in [3.63, 3.8) is 0 Å². The lowest BCUT2D eigenvalue weighted by Crippen LogP contribution is -2.38. The number of rotatable bonds is 7. The van der Waals surface area contributed by atoms with Crippen LogP contribution in [-0.4, -0.2) is 37.0 Å². The van der Waals surface area contributed by atoms with Crippen LogP contribution in [0, 0.1) is 0 Å². The highest BCUT2D eigenvalue weighted by Gasteiger charge is 2.29. The van der Waals surface area contributed by atoms with Crippen LogP contribution in [0.5, 0.6) is 11.5 Å². The summed E-state index contributed by atoms with van der Waals surface area (Å²) in [6.45, 7) is 1.55. The Kier molecular flexibility index (Phi) is 6.26. The fourth-order valence-corrected chi connectivity index (χ4v) is 2.64. The number of Topliss-reactive ketones (excluding diaryl/α,β-unsaturated/α-hetero) is 1. The molecule has 0 aromatic heterocycles. The van der Waals surface area contributed by atoms with E-state index in [0.717, 1.165) is 6.42 Å². The van der Waals surface area contributed by atoms with Crippen LogP contribution in [0.15, 0.2) is 48.5 Å². The number of para-hydroxylation sites is 2. The number of hydrogen-bond donors (Lipinski definition) is 1. The van der Waals surface area contributed by atoms with Crippen molar-refractivity contribution < 1.29 is 28.6 Å². The van der Waals surface area contributed by atoms with Gasteiger partial charge >= 0.3 is 5.97 Å². The van der Waals surface area contributed by atoms with Gasteiger partial charge in [-0.25, -0.2) is 4.79 Å². The van der Waals surface area contributed by atoms with Gasteiger partial charge in [0.2, 0.25) is 12.0 Å². The summed E-state index contributed by atoms with van der Waals surface area (Å²) >= 11 is 0. The van der Waals surface area contributed by atoms with Crippen LogP contribution in [-0.2, 0) is 14.3 Å². The predicted octanol–water partition coefficient (Wildman–Crippen LogP) is 2.99. The van der Waals surface area contributed by atoms with Crippen molar-refractivity contribution in [3.8, 4) is 11.5 Å². The molecule has 7 heteroatoms. The third-order valence-electron chi connectivity index (χ3n) is 4.08. The lowest BCUT2D eigenvalue weighted by Gasteiger charge is -2.24. The minimum absolute atomic E-state index is 0.0240. The van der Waals surface area contributed by atoms with E-state index in [1.165, 1.54) is 0 Å². The summed E-state index contributed by atoms with van der Waals surface area (Å²) in [5, 5.41) is 2.74. The number of carbonyl (C=O) groups is 3. The maximum absolute atomic E-state index is 12.2. The molecule has 0 saturated heterocycles. The van der Waals surface area contributed by atoms with Gasteiger partial charge in [0.1, 0.15) is 6.61 Å². The molecule has 7 nitrogen and oxygen atoms in total. The van der Waals surface area contributed by atoms with E-state index in [9.17, 15) is 14.4 Å². The topological polar surface area (TPSA) is 90.9 Å². The minimum atomic E-state index is -0.918. The predicted molar refractivity (Wildman–Crippen MR) is 102 cm³/mol. The molecule has 2 aromatic carbocycles. The van der Waals surface area contributed by atoms with Crippen LogP contribution in [0.1, 0.15) is 30.1 Å². The number of anilines is 1. The Hall–Kier alpha value is -3.35. The second kappa shape index (κ2) is 9.03. The summed E-state index contributed by atoms with van der Waals surface area (Å²) in [6, 6.07) is 13.4. The summed E-state index contributed by atoms with van der Waals surface area (Å²) in [7, 11) is 0. The SMILES string of the molecule is CCCC(=O)Nc1ccc(C(=O)COC(=O)[C@@H]2COc3ccccc3O2)cc1. The molecule has 1 atom stereocenters. The second-order valence-corrected chi connectivity index (χ2v) is 6.27. The molecule has 0 radical (unpaired) electrons. The van der Waals surface area contributed by atoms with E-state index in [0.29, 0.717) is 29.2 Å². The normalized spacial score (nSPS) is 14.8. The van der Waals surface area contributed by atoms with E-state index in [4.69, 9.17) is 14.2 Å². The number of amides is 1. The van der Waals surface area contributed by atoms with Gasteiger partial charge in [-0.15, -0.1) is 0 Å². The maximum atomic E-state index is 12.2. The number of hydrogen-bond acceptors (Lipinski definition) is 6. The lowest BCUT2D eigenvalue weighted by atomic mass is 10.1. The quantitative estimate of drug-likeness (QED) is 0.584. The van der Waals surface area contributed by atoms with E-state index in [1.807, 2.05) is 6.92 Å². The Morgan fingerprint density at radius 1 is 1.07 bits per heavy atom. The van der Waals surface area contributed by atoms with Gasteiger partial charge in [-0.2, -0.15) is 0 Å². The Labute approximate surface area is 162 Å². The van der Waals surface area contributed by atoms with Crippen molar-refractivity contribution in [1.29, 1.82) is 0 Å². The number of fused-ring (bicyclic) bond motifs is 1. The Balaban J connectivity index is 1.50. The minimum Gasteiger partial charge on any atom is -0.485 e. The summed E-state index contributed by atoms with van der Waals surface area (Å²) < 4.78 is 16.1. The van der Waals surface area contributed by atoms with Gasteiger partial charge in [-0.05, 0) is 42.8 Å². The maximum Gasteiger partial charge on any atom is 0.351 e. The zero-order valence-corrected chi connectivity index (χ0v) is 15.5. The van der Waals surface area contributed by atoms with Gasteiger partial charge in [0, 0.05) is 17.7 Å². The molecule has 0 bridgehead atoms. The zero-order chi connectivity index (χ0) is 19.9. The van der Waals surface area contributed by atoms with Gasteiger partial charge in [0.05, 0.1) is 0 Å². The molecular weight excluding hydrogens is 362 g/mol. The molecule has 3 rings (SSSR count). The van der Waals surface area contributed by atoms with Crippen molar-refractivity contribution in [3.05, 3.63) is 54.1 Å². The van der Waals surface area contributed by atoms with Crippen molar-refractivity contribution in [2.24, 2.45) is 0 Å². The van der Waals surface area contributed by atoms with Crippen LogP contribution >= 0.6 is 0 Å². The summed E-state index contributed by atoms with van der Waals surface area (Å²) in [6.07, 6.45) is 0.280.